The maximum atomic E-state index is 5.14. The van der Waals surface area contributed by atoms with Gasteiger partial charge < -0.3 is 4.42 Å². The second-order valence-electron chi connectivity index (χ2n) is 1.91. The Balaban J connectivity index is 2.45. The van der Waals surface area contributed by atoms with E-state index in [1.54, 1.807) is 13.1 Å². The lowest BCUT2D eigenvalue weighted by atomic mass is 10.6. The summed E-state index contributed by atoms with van der Waals surface area (Å²) in [6.07, 6.45) is 1.59. The Kier molecular flexibility index (Phi) is 1.39. The summed E-state index contributed by atoms with van der Waals surface area (Å²) >= 11 is 1.23. The van der Waals surface area contributed by atoms with Crippen molar-refractivity contribution in [1.82, 2.24) is 19.8 Å². The Morgan fingerprint density at radius 2 is 2.36 bits per heavy atom. The second-order valence-corrected chi connectivity index (χ2v) is 2.69. The van der Waals surface area contributed by atoms with Gasteiger partial charge in [0.1, 0.15) is 4.88 Å². The van der Waals surface area contributed by atoms with Gasteiger partial charge in [0.05, 0.1) is 6.20 Å². The van der Waals surface area contributed by atoms with Crippen LogP contribution in [-0.2, 0) is 0 Å². The molecule has 0 aliphatic rings. The molecule has 2 aromatic rings. The summed E-state index contributed by atoms with van der Waals surface area (Å²) in [6, 6.07) is 0. The van der Waals surface area contributed by atoms with Crippen LogP contribution >= 0.6 is 11.5 Å². The summed E-state index contributed by atoms with van der Waals surface area (Å²) in [5.74, 6) is 1.03. The van der Waals surface area contributed by atoms with Gasteiger partial charge in [0.25, 0.3) is 5.89 Å². The van der Waals surface area contributed by atoms with Crippen LogP contribution in [0.15, 0.2) is 10.6 Å². The normalized spacial score (nSPS) is 10.3. The molecular formula is C5H4N4OS. The van der Waals surface area contributed by atoms with Crippen LogP contribution in [-0.4, -0.2) is 19.8 Å². The molecule has 0 spiro atoms. The van der Waals surface area contributed by atoms with Gasteiger partial charge >= 0.3 is 0 Å². The predicted octanol–water partition coefficient (Wildman–Crippen LogP) is 0.897. The molecule has 0 bridgehead atoms. The molecule has 0 saturated heterocycles. The molecule has 0 radical (unpaired) electrons. The molecule has 0 fully saturated rings. The Labute approximate surface area is 66.2 Å². The number of nitrogens with zero attached hydrogens (tertiary/aromatic N) is 4. The SMILES string of the molecule is Cc1nnc(-c2cnns2)o1. The molecule has 2 aromatic heterocycles. The molecule has 6 heteroatoms. The summed E-state index contributed by atoms with van der Waals surface area (Å²) in [7, 11) is 0. The molecule has 0 unspecified atom stereocenters. The van der Waals surface area contributed by atoms with E-state index in [1.807, 2.05) is 0 Å². The Morgan fingerprint density at radius 1 is 1.45 bits per heavy atom. The maximum absolute atomic E-state index is 5.14. The topological polar surface area (TPSA) is 64.7 Å². The third kappa shape index (κ3) is 1.12. The first-order chi connectivity index (χ1) is 5.36. The molecule has 11 heavy (non-hydrogen) atoms. The van der Waals surface area contributed by atoms with Gasteiger partial charge in [0.15, 0.2) is 0 Å². The minimum atomic E-state index is 0.484. The van der Waals surface area contributed by atoms with Gasteiger partial charge in [-0.25, -0.2) is 0 Å². The van der Waals surface area contributed by atoms with E-state index in [-0.39, 0.29) is 0 Å². The molecular weight excluding hydrogens is 164 g/mol. The lowest BCUT2D eigenvalue weighted by Gasteiger charge is -1.79. The van der Waals surface area contributed by atoms with Crippen LogP contribution in [0.4, 0.5) is 0 Å². The molecule has 2 heterocycles. The minimum Gasteiger partial charge on any atom is -0.420 e. The highest BCUT2D eigenvalue weighted by molar-refractivity contribution is 7.09. The van der Waals surface area contributed by atoms with Crippen molar-refractivity contribution in [2.24, 2.45) is 0 Å². The van der Waals surface area contributed by atoms with Crippen molar-refractivity contribution in [2.45, 2.75) is 6.92 Å². The molecule has 56 valence electrons. The fourth-order valence-corrected chi connectivity index (χ4v) is 1.09. The third-order valence-corrected chi connectivity index (χ3v) is 1.75. The average molecular weight is 168 g/mol. The summed E-state index contributed by atoms with van der Waals surface area (Å²) in [4.78, 5) is 0.797. The van der Waals surface area contributed by atoms with E-state index in [9.17, 15) is 0 Å². The Hall–Kier alpha value is -1.30. The number of aryl methyl sites for hydroxylation is 1. The first kappa shape index (κ1) is 6.41. The van der Waals surface area contributed by atoms with Crippen LogP contribution < -0.4 is 0 Å². The smallest absolute Gasteiger partial charge is 0.260 e. The molecule has 0 aliphatic carbocycles. The van der Waals surface area contributed by atoms with Crippen LogP contribution in [0.3, 0.4) is 0 Å². The van der Waals surface area contributed by atoms with Crippen LogP contribution in [0.25, 0.3) is 10.8 Å². The zero-order chi connectivity index (χ0) is 7.68. The van der Waals surface area contributed by atoms with Crippen LogP contribution in [0.2, 0.25) is 0 Å². The number of rotatable bonds is 1. The van der Waals surface area contributed by atoms with Crippen LogP contribution in [0.5, 0.6) is 0 Å². The van der Waals surface area contributed by atoms with Crippen molar-refractivity contribution >= 4 is 11.5 Å². The van der Waals surface area contributed by atoms with Gasteiger partial charge in [-0.2, -0.15) is 0 Å². The van der Waals surface area contributed by atoms with Crippen molar-refractivity contribution in [3.63, 3.8) is 0 Å². The molecule has 5 nitrogen and oxygen atoms in total. The van der Waals surface area contributed by atoms with E-state index in [0.29, 0.717) is 11.8 Å². The molecule has 0 aromatic carbocycles. The lowest BCUT2D eigenvalue weighted by Crippen LogP contribution is -1.70. The highest BCUT2D eigenvalue weighted by atomic mass is 32.1. The predicted molar refractivity (Wildman–Crippen MR) is 37.9 cm³/mol. The quantitative estimate of drug-likeness (QED) is 0.632. The molecule has 0 atom stereocenters. The average Bonchev–Trinajstić information content (AvgIpc) is 2.55. The van der Waals surface area contributed by atoms with Gasteiger partial charge in [-0.05, 0) is 11.5 Å². The minimum absolute atomic E-state index is 0.484. The zero-order valence-electron chi connectivity index (χ0n) is 5.68. The Morgan fingerprint density at radius 3 is 2.91 bits per heavy atom. The van der Waals surface area contributed by atoms with Gasteiger partial charge in [0, 0.05) is 6.92 Å². The van der Waals surface area contributed by atoms with E-state index in [1.165, 1.54) is 11.5 Å². The van der Waals surface area contributed by atoms with Crippen molar-refractivity contribution in [3.05, 3.63) is 12.1 Å². The molecule has 0 aliphatic heterocycles. The van der Waals surface area contributed by atoms with E-state index < -0.39 is 0 Å². The summed E-state index contributed by atoms with van der Waals surface area (Å²) in [5, 5.41) is 11.1. The van der Waals surface area contributed by atoms with E-state index in [0.717, 1.165) is 4.88 Å². The van der Waals surface area contributed by atoms with E-state index >= 15 is 0 Å². The van der Waals surface area contributed by atoms with Gasteiger partial charge in [-0.3, -0.25) is 0 Å². The highest BCUT2D eigenvalue weighted by Crippen LogP contribution is 2.18. The van der Waals surface area contributed by atoms with Gasteiger partial charge in [-0.15, -0.1) is 15.3 Å². The fraction of sp³-hybridized carbons (Fsp3) is 0.200. The van der Waals surface area contributed by atoms with Crippen LogP contribution in [0.1, 0.15) is 5.89 Å². The second kappa shape index (κ2) is 2.39. The van der Waals surface area contributed by atoms with Gasteiger partial charge in [0.2, 0.25) is 5.89 Å². The third-order valence-electron chi connectivity index (χ3n) is 1.10. The fourth-order valence-electron chi connectivity index (χ4n) is 0.658. The number of hydrogen-bond acceptors (Lipinski definition) is 6. The molecule has 2 rings (SSSR count). The first-order valence-corrected chi connectivity index (χ1v) is 3.71. The van der Waals surface area contributed by atoms with E-state index in [2.05, 4.69) is 19.8 Å². The largest absolute Gasteiger partial charge is 0.420 e. The van der Waals surface area contributed by atoms with Crippen LogP contribution in [0, 0.1) is 6.92 Å². The molecule has 0 N–H and O–H groups in total. The highest BCUT2D eigenvalue weighted by Gasteiger charge is 2.06. The number of hydrogen-bond donors (Lipinski definition) is 0. The first-order valence-electron chi connectivity index (χ1n) is 2.94. The van der Waals surface area contributed by atoms with Gasteiger partial charge in [-0.1, -0.05) is 4.49 Å². The summed E-state index contributed by atoms with van der Waals surface area (Å²) in [5.41, 5.74) is 0. The van der Waals surface area contributed by atoms with E-state index in [4.69, 9.17) is 4.42 Å². The molecule has 0 saturated carbocycles. The summed E-state index contributed by atoms with van der Waals surface area (Å²) < 4.78 is 8.81. The number of aromatic nitrogens is 4. The standard InChI is InChI=1S/C5H4N4OS/c1-3-7-8-5(10-3)4-2-6-9-11-4/h2H,1H3. The lowest BCUT2D eigenvalue weighted by molar-refractivity contribution is 0.534. The zero-order valence-corrected chi connectivity index (χ0v) is 6.50. The van der Waals surface area contributed by atoms with Crippen molar-refractivity contribution in [1.29, 1.82) is 0 Å². The maximum Gasteiger partial charge on any atom is 0.260 e. The monoisotopic (exact) mass is 168 g/mol. The Bertz CT molecular complexity index is 341. The molecule has 0 amide bonds. The summed E-state index contributed by atoms with van der Waals surface area (Å²) in [6.45, 7) is 1.74. The van der Waals surface area contributed by atoms with Crippen molar-refractivity contribution in [2.75, 3.05) is 0 Å². The van der Waals surface area contributed by atoms with Crippen molar-refractivity contribution < 1.29 is 4.42 Å². The van der Waals surface area contributed by atoms with Crippen molar-refractivity contribution in [3.8, 4) is 10.8 Å².